The summed E-state index contributed by atoms with van der Waals surface area (Å²) in [7, 11) is 1.65. The van der Waals surface area contributed by atoms with Crippen LogP contribution in [0.2, 0.25) is 0 Å². The van der Waals surface area contributed by atoms with E-state index < -0.39 is 6.10 Å². The number of hydrogen-bond donors (Lipinski definition) is 1. The quantitative estimate of drug-likeness (QED) is 0.896. The first-order valence-electron chi connectivity index (χ1n) is 6.09. The number of aromatic nitrogens is 1. The number of nitrogens with zero attached hydrogens (tertiary/aromatic N) is 1. The summed E-state index contributed by atoms with van der Waals surface area (Å²) in [6.07, 6.45) is 1.02. The van der Waals surface area contributed by atoms with E-state index >= 15 is 0 Å². The number of pyridine rings is 1. The topological polar surface area (TPSA) is 51.6 Å². The fourth-order valence-electron chi connectivity index (χ4n) is 1.78. The molecule has 1 atom stereocenters. The molecule has 0 unspecified atom stereocenters. The Bertz CT molecular complexity index is 540. The Morgan fingerprint density at radius 2 is 2.11 bits per heavy atom. The molecule has 0 spiro atoms. The van der Waals surface area contributed by atoms with Crippen LogP contribution in [0.15, 0.2) is 42.6 Å². The fourth-order valence-corrected chi connectivity index (χ4v) is 1.78. The van der Waals surface area contributed by atoms with Gasteiger partial charge in [-0.3, -0.25) is 0 Å². The van der Waals surface area contributed by atoms with Crippen LogP contribution in [-0.2, 0) is 11.3 Å². The zero-order valence-electron chi connectivity index (χ0n) is 11.0. The summed E-state index contributed by atoms with van der Waals surface area (Å²) in [6.45, 7) is 2.22. The van der Waals surface area contributed by atoms with Crippen molar-refractivity contribution in [2.45, 2.75) is 19.6 Å². The van der Waals surface area contributed by atoms with Gasteiger partial charge in [0.1, 0.15) is 5.75 Å². The van der Waals surface area contributed by atoms with Crippen molar-refractivity contribution in [2.75, 3.05) is 7.11 Å². The molecule has 2 aromatic rings. The Labute approximate surface area is 112 Å². The van der Waals surface area contributed by atoms with Crippen LogP contribution in [-0.4, -0.2) is 17.2 Å². The number of benzene rings is 1. The summed E-state index contributed by atoms with van der Waals surface area (Å²) in [5.74, 6) is 1.10. The predicted molar refractivity (Wildman–Crippen MR) is 72.1 cm³/mol. The number of aliphatic hydroxyl groups is 1. The van der Waals surface area contributed by atoms with Crippen LogP contribution in [0.1, 0.15) is 24.2 Å². The van der Waals surface area contributed by atoms with Crippen molar-refractivity contribution in [3.05, 3.63) is 53.7 Å². The molecule has 0 radical (unpaired) electrons. The van der Waals surface area contributed by atoms with E-state index in [1.807, 2.05) is 24.3 Å². The molecule has 4 nitrogen and oxygen atoms in total. The number of aliphatic hydroxyl groups excluding tert-OH is 1. The first kappa shape index (κ1) is 13.5. The van der Waals surface area contributed by atoms with Crippen LogP contribution in [0.4, 0.5) is 0 Å². The smallest absolute Gasteiger partial charge is 0.225 e. The average Bonchev–Trinajstić information content (AvgIpc) is 2.40. The van der Waals surface area contributed by atoms with Crippen LogP contribution >= 0.6 is 0 Å². The second-order valence-corrected chi connectivity index (χ2v) is 4.26. The van der Waals surface area contributed by atoms with Crippen molar-refractivity contribution < 1.29 is 14.6 Å². The molecular weight excluding hydrogens is 242 g/mol. The van der Waals surface area contributed by atoms with Gasteiger partial charge in [0, 0.05) is 18.9 Å². The molecule has 0 aliphatic heterocycles. The van der Waals surface area contributed by atoms with E-state index in [1.54, 1.807) is 32.4 Å². The minimum absolute atomic E-state index is 0.423. The van der Waals surface area contributed by atoms with Gasteiger partial charge < -0.3 is 14.6 Å². The van der Waals surface area contributed by atoms with Crippen molar-refractivity contribution in [1.82, 2.24) is 4.98 Å². The van der Waals surface area contributed by atoms with Crippen LogP contribution < -0.4 is 4.74 Å². The zero-order valence-corrected chi connectivity index (χ0v) is 11.0. The normalized spacial score (nSPS) is 12.2. The van der Waals surface area contributed by atoms with Gasteiger partial charge in [-0.1, -0.05) is 12.1 Å². The van der Waals surface area contributed by atoms with Gasteiger partial charge in [0.2, 0.25) is 5.88 Å². The van der Waals surface area contributed by atoms with E-state index in [2.05, 4.69) is 4.98 Å². The highest BCUT2D eigenvalue weighted by Crippen LogP contribution is 2.27. The Hall–Kier alpha value is -1.91. The molecule has 4 heteroatoms. The zero-order chi connectivity index (χ0) is 13.7. The Balaban J connectivity index is 2.23. The van der Waals surface area contributed by atoms with Crippen LogP contribution in [0.5, 0.6) is 11.6 Å². The molecular formula is C15H17NO3. The number of rotatable bonds is 5. The molecule has 0 saturated heterocycles. The molecule has 1 N–H and O–H groups in total. The van der Waals surface area contributed by atoms with Gasteiger partial charge in [0.05, 0.1) is 12.7 Å². The molecule has 0 aliphatic rings. The molecule has 0 aliphatic carbocycles. The highest BCUT2D eigenvalue weighted by atomic mass is 16.5. The second kappa shape index (κ2) is 6.31. The molecule has 1 heterocycles. The first-order chi connectivity index (χ1) is 9.20. The first-order valence-corrected chi connectivity index (χ1v) is 6.09. The average molecular weight is 259 g/mol. The van der Waals surface area contributed by atoms with Crippen molar-refractivity contribution in [3.8, 4) is 11.6 Å². The van der Waals surface area contributed by atoms with Crippen molar-refractivity contribution >= 4 is 0 Å². The standard InChI is InChI=1S/C15H17NO3/c1-11(17)14-7-4-8-16-15(14)19-13-6-3-5-12(9-13)10-18-2/h3-9,11,17H,10H2,1-2H3/t11-/m1/s1. The summed E-state index contributed by atoms with van der Waals surface area (Å²) < 4.78 is 10.8. The highest BCUT2D eigenvalue weighted by Gasteiger charge is 2.10. The van der Waals surface area contributed by atoms with Crippen LogP contribution in [0.25, 0.3) is 0 Å². The van der Waals surface area contributed by atoms with Crippen molar-refractivity contribution in [3.63, 3.8) is 0 Å². The Morgan fingerprint density at radius 1 is 1.26 bits per heavy atom. The van der Waals surface area contributed by atoms with E-state index in [0.29, 0.717) is 23.8 Å². The fraction of sp³-hybridized carbons (Fsp3) is 0.267. The van der Waals surface area contributed by atoms with E-state index in [0.717, 1.165) is 5.56 Å². The molecule has 0 bridgehead atoms. The Kier molecular flexibility index (Phi) is 4.49. The molecule has 0 saturated carbocycles. The third kappa shape index (κ3) is 3.53. The number of methoxy groups -OCH3 is 1. The van der Waals surface area contributed by atoms with Gasteiger partial charge in [-0.15, -0.1) is 0 Å². The lowest BCUT2D eigenvalue weighted by molar-refractivity contribution is 0.184. The maximum atomic E-state index is 9.68. The van der Waals surface area contributed by atoms with Crippen LogP contribution in [0.3, 0.4) is 0 Å². The lowest BCUT2D eigenvalue weighted by Gasteiger charge is -2.12. The highest BCUT2D eigenvalue weighted by molar-refractivity contribution is 5.35. The van der Waals surface area contributed by atoms with E-state index in [-0.39, 0.29) is 0 Å². The van der Waals surface area contributed by atoms with Crippen LogP contribution in [0, 0.1) is 0 Å². The SMILES string of the molecule is COCc1cccc(Oc2ncccc2[C@@H](C)O)c1. The van der Waals surface area contributed by atoms with Gasteiger partial charge in [0.15, 0.2) is 0 Å². The number of ether oxygens (including phenoxy) is 2. The lowest BCUT2D eigenvalue weighted by atomic mass is 10.2. The van der Waals surface area contributed by atoms with Gasteiger partial charge in [-0.2, -0.15) is 0 Å². The van der Waals surface area contributed by atoms with Gasteiger partial charge in [-0.25, -0.2) is 4.98 Å². The third-order valence-corrected chi connectivity index (χ3v) is 2.67. The molecule has 1 aromatic carbocycles. The third-order valence-electron chi connectivity index (χ3n) is 2.67. The summed E-state index contributed by atoms with van der Waals surface area (Å²) >= 11 is 0. The monoisotopic (exact) mass is 259 g/mol. The maximum Gasteiger partial charge on any atom is 0.225 e. The summed E-state index contributed by atoms with van der Waals surface area (Å²) in [6, 6.07) is 11.2. The molecule has 0 amide bonds. The van der Waals surface area contributed by atoms with E-state index in [9.17, 15) is 5.11 Å². The molecule has 1 aromatic heterocycles. The minimum Gasteiger partial charge on any atom is -0.439 e. The molecule has 100 valence electrons. The lowest BCUT2D eigenvalue weighted by Crippen LogP contribution is -1.98. The summed E-state index contributed by atoms with van der Waals surface area (Å²) in [5, 5.41) is 9.68. The molecule has 2 rings (SSSR count). The van der Waals surface area contributed by atoms with Crippen molar-refractivity contribution in [1.29, 1.82) is 0 Å². The second-order valence-electron chi connectivity index (χ2n) is 4.26. The van der Waals surface area contributed by atoms with Gasteiger partial charge in [-0.05, 0) is 36.8 Å². The van der Waals surface area contributed by atoms with E-state index in [1.165, 1.54) is 0 Å². The van der Waals surface area contributed by atoms with Gasteiger partial charge >= 0.3 is 0 Å². The molecule has 19 heavy (non-hydrogen) atoms. The van der Waals surface area contributed by atoms with Gasteiger partial charge in [0.25, 0.3) is 0 Å². The Morgan fingerprint density at radius 3 is 2.84 bits per heavy atom. The maximum absolute atomic E-state index is 9.68. The minimum atomic E-state index is -0.620. The summed E-state index contributed by atoms with van der Waals surface area (Å²) in [5.41, 5.74) is 1.69. The predicted octanol–water partition coefficient (Wildman–Crippen LogP) is 3.07. The van der Waals surface area contributed by atoms with E-state index in [4.69, 9.17) is 9.47 Å². The molecule has 0 fully saturated rings. The largest absolute Gasteiger partial charge is 0.439 e. The summed E-state index contributed by atoms with van der Waals surface area (Å²) in [4.78, 5) is 4.16. The number of hydrogen-bond acceptors (Lipinski definition) is 4. The van der Waals surface area contributed by atoms with Crippen molar-refractivity contribution in [2.24, 2.45) is 0 Å².